The summed E-state index contributed by atoms with van der Waals surface area (Å²) in [6.07, 6.45) is 0. The standard InChI is InChI=1S/C16H14FN3O4S2/c1-23-13-3-2-12(17)6-14(13)26(21,22)20-7-11(8-20)16-18-15(19-24-16)10-4-5-25-9-10/h2-6,9,11H,7-8H2,1H3. The Bertz CT molecular complexity index is 1030. The molecule has 10 heteroatoms. The van der Waals surface area contributed by atoms with Crippen LogP contribution in [0, 0.1) is 5.82 Å². The highest BCUT2D eigenvalue weighted by Crippen LogP contribution is 2.35. The van der Waals surface area contributed by atoms with Crippen molar-refractivity contribution in [1.29, 1.82) is 0 Å². The first-order chi connectivity index (χ1) is 12.5. The number of halogens is 1. The molecule has 0 bridgehead atoms. The highest BCUT2D eigenvalue weighted by Gasteiger charge is 2.41. The van der Waals surface area contributed by atoms with Gasteiger partial charge >= 0.3 is 0 Å². The Morgan fingerprint density at radius 2 is 2.15 bits per heavy atom. The molecule has 0 radical (unpaired) electrons. The van der Waals surface area contributed by atoms with E-state index in [1.807, 2.05) is 16.8 Å². The SMILES string of the molecule is COc1ccc(F)cc1S(=O)(=O)N1CC(c2nc(-c3ccsc3)no2)C1. The van der Waals surface area contributed by atoms with Gasteiger partial charge in [-0.1, -0.05) is 5.16 Å². The van der Waals surface area contributed by atoms with Crippen molar-refractivity contribution in [1.82, 2.24) is 14.4 Å². The van der Waals surface area contributed by atoms with Crippen LogP contribution in [-0.2, 0) is 10.0 Å². The molecule has 7 nitrogen and oxygen atoms in total. The largest absolute Gasteiger partial charge is 0.495 e. The number of hydrogen-bond donors (Lipinski definition) is 0. The molecular weight excluding hydrogens is 381 g/mol. The summed E-state index contributed by atoms with van der Waals surface area (Å²) >= 11 is 1.53. The molecule has 0 spiro atoms. The number of methoxy groups -OCH3 is 1. The van der Waals surface area contributed by atoms with Crippen molar-refractivity contribution >= 4 is 21.4 Å². The lowest BCUT2D eigenvalue weighted by Crippen LogP contribution is -2.48. The van der Waals surface area contributed by atoms with E-state index < -0.39 is 15.8 Å². The van der Waals surface area contributed by atoms with Gasteiger partial charge in [0.1, 0.15) is 16.5 Å². The molecule has 0 saturated carbocycles. The Balaban J connectivity index is 1.52. The number of hydrogen-bond acceptors (Lipinski definition) is 7. The zero-order chi connectivity index (χ0) is 18.3. The third-order valence-electron chi connectivity index (χ3n) is 4.16. The zero-order valence-electron chi connectivity index (χ0n) is 13.6. The van der Waals surface area contributed by atoms with Crippen molar-refractivity contribution in [3.05, 3.63) is 46.7 Å². The van der Waals surface area contributed by atoms with Gasteiger partial charge in [-0.3, -0.25) is 0 Å². The molecule has 4 rings (SSSR count). The van der Waals surface area contributed by atoms with Crippen molar-refractivity contribution < 1.29 is 22.1 Å². The average Bonchev–Trinajstić information content (AvgIpc) is 3.24. The number of ether oxygens (including phenoxy) is 1. The molecule has 0 aliphatic carbocycles. The molecule has 3 heterocycles. The summed E-state index contributed by atoms with van der Waals surface area (Å²) in [5.41, 5.74) is 0.860. The minimum absolute atomic E-state index is 0.104. The average molecular weight is 395 g/mol. The maximum atomic E-state index is 13.5. The summed E-state index contributed by atoms with van der Waals surface area (Å²) in [4.78, 5) is 4.14. The molecule has 0 atom stereocenters. The van der Waals surface area contributed by atoms with Crippen molar-refractivity contribution in [3.63, 3.8) is 0 Å². The first kappa shape index (κ1) is 17.1. The smallest absolute Gasteiger partial charge is 0.246 e. The van der Waals surface area contributed by atoms with Gasteiger partial charge in [0, 0.05) is 24.0 Å². The van der Waals surface area contributed by atoms with Gasteiger partial charge in [0.05, 0.1) is 13.0 Å². The van der Waals surface area contributed by atoms with Crippen LogP contribution in [-0.4, -0.2) is 43.1 Å². The maximum Gasteiger partial charge on any atom is 0.246 e. The third-order valence-corrected chi connectivity index (χ3v) is 6.70. The van der Waals surface area contributed by atoms with Crippen LogP contribution >= 0.6 is 11.3 Å². The maximum absolute atomic E-state index is 13.5. The van der Waals surface area contributed by atoms with Crippen molar-refractivity contribution in [3.8, 4) is 17.1 Å². The zero-order valence-corrected chi connectivity index (χ0v) is 15.3. The lowest BCUT2D eigenvalue weighted by Gasteiger charge is -2.36. The first-order valence-electron chi connectivity index (χ1n) is 7.69. The molecule has 1 aliphatic heterocycles. The Morgan fingerprint density at radius 1 is 1.35 bits per heavy atom. The number of thiophene rings is 1. The lowest BCUT2D eigenvalue weighted by atomic mass is 10.0. The van der Waals surface area contributed by atoms with Crippen molar-refractivity contribution in [2.75, 3.05) is 20.2 Å². The van der Waals surface area contributed by atoms with Crippen molar-refractivity contribution in [2.24, 2.45) is 0 Å². The molecule has 3 aromatic rings. The van der Waals surface area contributed by atoms with Crippen LogP contribution in [0.15, 0.2) is 44.4 Å². The second kappa shape index (κ2) is 6.45. The lowest BCUT2D eigenvalue weighted by molar-refractivity contribution is 0.216. The number of sulfonamides is 1. The Kier molecular flexibility index (Phi) is 4.25. The van der Waals surface area contributed by atoms with Crippen LogP contribution in [0.1, 0.15) is 11.8 Å². The van der Waals surface area contributed by atoms with Crippen LogP contribution in [0.5, 0.6) is 5.75 Å². The van der Waals surface area contributed by atoms with Gasteiger partial charge in [0.25, 0.3) is 0 Å². The van der Waals surface area contributed by atoms with Crippen LogP contribution in [0.4, 0.5) is 4.39 Å². The van der Waals surface area contributed by atoms with Gasteiger partial charge in [-0.2, -0.15) is 20.6 Å². The fraction of sp³-hybridized carbons (Fsp3) is 0.250. The minimum Gasteiger partial charge on any atom is -0.495 e. The van der Waals surface area contributed by atoms with Crippen LogP contribution in [0.2, 0.25) is 0 Å². The van der Waals surface area contributed by atoms with E-state index >= 15 is 0 Å². The van der Waals surface area contributed by atoms with Gasteiger partial charge in [0.15, 0.2) is 0 Å². The van der Waals surface area contributed by atoms with E-state index in [4.69, 9.17) is 9.26 Å². The predicted octanol–water partition coefficient (Wildman–Crippen LogP) is 2.73. The molecule has 1 aliphatic rings. The summed E-state index contributed by atoms with van der Waals surface area (Å²) in [5, 5.41) is 7.75. The van der Waals surface area contributed by atoms with E-state index in [1.165, 1.54) is 28.8 Å². The topological polar surface area (TPSA) is 85.5 Å². The van der Waals surface area contributed by atoms with E-state index in [0.717, 1.165) is 17.7 Å². The van der Waals surface area contributed by atoms with Gasteiger partial charge in [0.2, 0.25) is 21.7 Å². The number of nitrogens with zero attached hydrogens (tertiary/aromatic N) is 3. The summed E-state index contributed by atoms with van der Waals surface area (Å²) in [5.74, 6) is 0.147. The summed E-state index contributed by atoms with van der Waals surface area (Å²) < 4.78 is 50.5. The van der Waals surface area contributed by atoms with Crippen LogP contribution < -0.4 is 4.74 Å². The fourth-order valence-electron chi connectivity index (χ4n) is 2.69. The normalized spacial score (nSPS) is 15.8. The quantitative estimate of drug-likeness (QED) is 0.660. The van der Waals surface area contributed by atoms with Crippen LogP contribution in [0.3, 0.4) is 0 Å². The predicted molar refractivity (Wildman–Crippen MR) is 92.1 cm³/mol. The summed E-state index contributed by atoms with van der Waals surface area (Å²) in [6.45, 7) is 0.376. The molecule has 1 fully saturated rings. The fourth-order valence-corrected chi connectivity index (χ4v) is 5.02. The van der Waals surface area contributed by atoms with E-state index in [9.17, 15) is 12.8 Å². The van der Waals surface area contributed by atoms with E-state index in [1.54, 1.807) is 0 Å². The first-order valence-corrected chi connectivity index (χ1v) is 10.1. The minimum atomic E-state index is -3.86. The molecule has 2 aromatic heterocycles. The summed E-state index contributed by atoms with van der Waals surface area (Å²) in [7, 11) is -2.52. The van der Waals surface area contributed by atoms with Gasteiger partial charge < -0.3 is 9.26 Å². The molecule has 0 N–H and O–H groups in total. The Morgan fingerprint density at radius 3 is 2.85 bits per heavy atom. The van der Waals surface area contributed by atoms with Gasteiger partial charge in [-0.15, -0.1) is 0 Å². The summed E-state index contributed by atoms with van der Waals surface area (Å²) in [6, 6.07) is 5.29. The van der Waals surface area contributed by atoms with E-state index in [0.29, 0.717) is 11.7 Å². The van der Waals surface area contributed by atoms with Crippen molar-refractivity contribution in [2.45, 2.75) is 10.8 Å². The number of benzene rings is 1. The number of aromatic nitrogens is 2. The Labute approximate surface area is 153 Å². The monoisotopic (exact) mass is 395 g/mol. The molecular formula is C16H14FN3O4S2. The highest BCUT2D eigenvalue weighted by atomic mass is 32.2. The second-order valence-electron chi connectivity index (χ2n) is 5.78. The third kappa shape index (κ3) is 2.89. The highest BCUT2D eigenvalue weighted by molar-refractivity contribution is 7.89. The molecule has 136 valence electrons. The molecule has 1 saturated heterocycles. The molecule has 26 heavy (non-hydrogen) atoms. The second-order valence-corrected chi connectivity index (χ2v) is 8.47. The van der Waals surface area contributed by atoms with Crippen LogP contribution in [0.25, 0.3) is 11.4 Å². The molecule has 0 unspecified atom stereocenters. The van der Waals surface area contributed by atoms with Gasteiger partial charge in [-0.25, -0.2) is 12.8 Å². The number of rotatable bonds is 5. The van der Waals surface area contributed by atoms with E-state index in [2.05, 4.69) is 10.1 Å². The molecule has 1 aromatic carbocycles. The van der Waals surface area contributed by atoms with Gasteiger partial charge in [-0.05, 0) is 29.6 Å². The molecule has 0 amide bonds. The van der Waals surface area contributed by atoms with E-state index in [-0.39, 0.29) is 29.7 Å². The Hall–Kier alpha value is -2.30.